The van der Waals surface area contributed by atoms with Crippen molar-refractivity contribution in [3.05, 3.63) is 29.8 Å². The van der Waals surface area contributed by atoms with Gasteiger partial charge in [-0.25, -0.2) is 0 Å². The third-order valence-corrected chi connectivity index (χ3v) is 4.06. The zero-order valence-electron chi connectivity index (χ0n) is 11.4. The van der Waals surface area contributed by atoms with Gasteiger partial charge in [0.1, 0.15) is 5.75 Å². The van der Waals surface area contributed by atoms with Crippen LogP contribution < -0.4 is 16.0 Å². The molecule has 0 bridgehead atoms. The highest BCUT2D eigenvalue weighted by molar-refractivity contribution is 5.31. The third kappa shape index (κ3) is 2.85. The highest BCUT2D eigenvalue weighted by Gasteiger charge is 2.31. The first kappa shape index (κ1) is 13.4. The van der Waals surface area contributed by atoms with E-state index in [2.05, 4.69) is 24.5 Å². The lowest BCUT2D eigenvalue weighted by Gasteiger charge is -2.27. The molecule has 1 fully saturated rings. The summed E-state index contributed by atoms with van der Waals surface area (Å²) in [7, 11) is 0. The molecule has 0 aromatic heterocycles. The number of hydrogen-bond acceptors (Lipinski definition) is 3. The number of hydrogen-bond donors (Lipinski definition) is 2. The zero-order chi connectivity index (χ0) is 13.0. The molecule has 3 heteroatoms. The topological polar surface area (TPSA) is 47.3 Å². The van der Waals surface area contributed by atoms with Gasteiger partial charge in [-0.3, -0.25) is 11.3 Å². The molecule has 3 unspecified atom stereocenters. The quantitative estimate of drug-likeness (QED) is 0.622. The van der Waals surface area contributed by atoms with Gasteiger partial charge in [0.25, 0.3) is 0 Å². The van der Waals surface area contributed by atoms with Gasteiger partial charge in [-0.15, -0.1) is 0 Å². The lowest BCUT2D eigenvalue weighted by Crippen LogP contribution is -2.34. The Kier molecular flexibility index (Phi) is 4.61. The summed E-state index contributed by atoms with van der Waals surface area (Å²) in [5.41, 5.74) is 4.24. The second kappa shape index (κ2) is 6.21. The average Bonchev–Trinajstić information content (AvgIpc) is 2.78. The van der Waals surface area contributed by atoms with Gasteiger partial charge in [0.05, 0.1) is 6.61 Å². The van der Waals surface area contributed by atoms with Gasteiger partial charge >= 0.3 is 0 Å². The van der Waals surface area contributed by atoms with Crippen molar-refractivity contribution in [3.8, 4) is 5.75 Å². The first-order chi connectivity index (χ1) is 8.76. The Bertz CT molecular complexity index is 381. The summed E-state index contributed by atoms with van der Waals surface area (Å²) in [6.45, 7) is 5.03. The van der Waals surface area contributed by atoms with Crippen molar-refractivity contribution in [1.29, 1.82) is 0 Å². The molecule has 1 aliphatic carbocycles. The molecular formula is C15H24N2O. The Labute approximate surface area is 110 Å². The van der Waals surface area contributed by atoms with Crippen LogP contribution in [-0.4, -0.2) is 6.61 Å². The summed E-state index contributed by atoms with van der Waals surface area (Å²) in [6.07, 6.45) is 3.89. The molecule has 1 aromatic rings. The summed E-state index contributed by atoms with van der Waals surface area (Å²) in [6, 6.07) is 8.53. The maximum absolute atomic E-state index is 5.78. The maximum atomic E-state index is 5.78. The van der Waals surface area contributed by atoms with Crippen molar-refractivity contribution >= 4 is 0 Å². The predicted molar refractivity (Wildman–Crippen MR) is 74.2 cm³/mol. The Balaban J connectivity index is 2.18. The summed E-state index contributed by atoms with van der Waals surface area (Å²) >= 11 is 0. The molecule has 3 nitrogen and oxygen atoms in total. The van der Waals surface area contributed by atoms with Gasteiger partial charge in [0.15, 0.2) is 0 Å². The minimum atomic E-state index is 0.239. The van der Waals surface area contributed by atoms with E-state index in [9.17, 15) is 0 Å². The monoisotopic (exact) mass is 248 g/mol. The van der Waals surface area contributed by atoms with Gasteiger partial charge in [-0.2, -0.15) is 0 Å². The molecule has 0 saturated heterocycles. The number of rotatable bonds is 5. The zero-order valence-corrected chi connectivity index (χ0v) is 11.4. The Morgan fingerprint density at radius 2 is 2.28 bits per heavy atom. The van der Waals surface area contributed by atoms with Gasteiger partial charge in [-0.05, 0) is 42.9 Å². The van der Waals surface area contributed by atoms with Crippen LogP contribution in [0.4, 0.5) is 0 Å². The number of nitrogens with two attached hydrogens (primary N) is 1. The summed E-state index contributed by atoms with van der Waals surface area (Å²) < 4.78 is 5.56. The summed E-state index contributed by atoms with van der Waals surface area (Å²) in [4.78, 5) is 0. The largest absolute Gasteiger partial charge is 0.494 e. The van der Waals surface area contributed by atoms with Gasteiger partial charge in [-0.1, -0.05) is 31.9 Å². The molecular weight excluding hydrogens is 224 g/mol. The third-order valence-electron chi connectivity index (χ3n) is 4.06. The lowest BCUT2D eigenvalue weighted by atomic mass is 9.86. The minimum Gasteiger partial charge on any atom is -0.494 e. The van der Waals surface area contributed by atoms with Crippen LogP contribution in [0.25, 0.3) is 0 Å². The van der Waals surface area contributed by atoms with E-state index in [1.54, 1.807) is 0 Å². The van der Waals surface area contributed by atoms with Gasteiger partial charge in [0, 0.05) is 6.04 Å². The van der Waals surface area contributed by atoms with E-state index in [-0.39, 0.29) is 6.04 Å². The van der Waals surface area contributed by atoms with E-state index in [1.807, 2.05) is 19.1 Å². The molecule has 0 heterocycles. The van der Waals surface area contributed by atoms with Crippen LogP contribution >= 0.6 is 0 Å². The molecule has 0 aliphatic heterocycles. The highest BCUT2D eigenvalue weighted by Crippen LogP contribution is 2.40. The van der Waals surface area contributed by atoms with Crippen LogP contribution in [0.1, 0.15) is 44.7 Å². The summed E-state index contributed by atoms with van der Waals surface area (Å²) in [5.74, 6) is 8.08. The molecule has 2 rings (SSSR count). The Hall–Kier alpha value is -1.06. The molecule has 1 aliphatic rings. The summed E-state index contributed by atoms with van der Waals surface area (Å²) in [5, 5.41) is 0. The normalized spacial score (nSPS) is 25.1. The van der Waals surface area contributed by atoms with Gasteiger partial charge in [0.2, 0.25) is 0 Å². The molecule has 0 amide bonds. The van der Waals surface area contributed by atoms with Crippen LogP contribution in [0.2, 0.25) is 0 Å². The molecule has 1 saturated carbocycles. The van der Waals surface area contributed by atoms with E-state index in [4.69, 9.17) is 10.6 Å². The van der Waals surface area contributed by atoms with Crippen molar-refractivity contribution in [2.24, 2.45) is 17.7 Å². The first-order valence-electron chi connectivity index (χ1n) is 6.95. The maximum Gasteiger partial charge on any atom is 0.119 e. The number of nitrogens with one attached hydrogen (secondary N) is 1. The standard InChI is InChI=1S/C15H24N2O/c1-3-18-13-8-5-7-12(10-13)15(17-16)14-9-4-6-11(14)2/h5,7-8,10-11,14-15,17H,3-4,6,9,16H2,1-2H3. The molecule has 0 spiro atoms. The number of ether oxygens (including phenoxy) is 1. The number of benzene rings is 1. The minimum absolute atomic E-state index is 0.239. The molecule has 0 radical (unpaired) electrons. The van der Waals surface area contributed by atoms with Crippen molar-refractivity contribution in [2.75, 3.05) is 6.61 Å². The van der Waals surface area contributed by atoms with E-state index >= 15 is 0 Å². The lowest BCUT2D eigenvalue weighted by molar-refractivity contribution is 0.302. The van der Waals surface area contributed by atoms with E-state index < -0.39 is 0 Å². The fourth-order valence-corrected chi connectivity index (χ4v) is 3.10. The van der Waals surface area contributed by atoms with Crippen molar-refractivity contribution < 1.29 is 4.74 Å². The van der Waals surface area contributed by atoms with E-state index in [1.165, 1.54) is 24.8 Å². The smallest absolute Gasteiger partial charge is 0.119 e. The second-order valence-electron chi connectivity index (χ2n) is 5.22. The fourth-order valence-electron chi connectivity index (χ4n) is 3.10. The van der Waals surface area contributed by atoms with Crippen molar-refractivity contribution in [3.63, 3.8) is 0 Å². The van der Waals surface area contributed by atoms with Crippen LogP contribution in [0.3, 0.4) is 0 Å². The average molecular weight is 248 g/mol. The fraction of sp³-hybridized carbons (Fsp3) is 0.600. The van der Waals surface area contributed by atoms with Crippen LogP contribution in [0, 0.1) is 11.8 Å². The van der Waals surface area contributed by atoms with Crippen LogP contribution in [-0.2, 0) is 0 Å². The SMILES string of the molecule is CCOc1cccc(C(NN)C2CCCC2C)c1. The number of hydrazine groups is 1. The highest BCUT2D eigenvalue weighted by atomic mass is 16.5. The van der Waals surface area contributed by atoms with E-state index in [0.29, 0.717) is 12.5 Å². The van der Waals surface area contributed by atoms with Crippen LogP contribution in [0.5, 0.6) is 5.75 Å². The Morgan fingerprint density at radius 3 is 2.89 bits per heavy atom. The predicted octanol–water partition coefficient (Wildman–Crippen LogP) is 3.03. The molecule has 100 valence electrons. The molecule has 1 aromatic carbocycles. The molecule has 18 heavy (non-hydrogen) atoms. The van der Waals surface area contributed by atoms with Gasteiger partial charge < -0.3 is 4.74 Å². The second-order valence-corrected chi connectivity index (χ2v) is 5.22. The Morgan fingerprint density at radius 1 is 1.44 bits per heavy atom. The first-order valence-corrected chi connectivity index (χ1v) is 6.95. The molecule has 3 atom stereocenters. The molecule has 3 N–H and O–H groups in total. The van der Waals surface area contributed by atoms with Crippen molar-refractivity contribution in [1.82, 2.24) is 5.43 Å². The van der Waals surface area contributed by atoms with Crippen LogP contribution in [0.15, 0.2) is 24.3 Å². The van der Waals surface area contributed by atoms with E-state index in [0.717, 1.165) is 11.7 Å². The van der Waals surface area contributed by atoms with Crippen molar-refractivity contribution in [2.45, 2.75) is 39.2 Å².